The molecule has 0 aliphatic carbocycles. The molecule has 1 unspecified atom stereocenters. The number of hydrogen-bond donors (Lipinski definition) is 4. The van der Waals surface area contributed by atoms with Gasteiger partial charge in [-0.05, 0) is 67.5 Å². The monoisotopic (exact) mass is 570 g/mol. The second kappa shape index (κ2) is 18.2. The van der Waals surface area contributed by atoms with Crippen LogP contribution in [-0.4, -0.2) is 25.5 Å². The number of hydrogen-bond acceptors (Lipinski definition) is 4. The van der Waals surface area contributed by atoms with E-state index in [2.05, 4.69) is 141 Å². The van der Waals surface area contributed by atoms with E-state index in [0.29, 0.717) is 6.54 Å². The van der Waals surface area contributed by atoms with Crippen LogP contribution in [-0.2, 0) is 0 Å². The zero-order chi connectivity index (χ0) is 30.9. The van der Waals surface area contributed by atoms with Gasteiger partial charge in [-0.2, -0.15) is 0 Å². The molecule has 3 rings (SSSR count). The molecule has 43 heavy (non-hydrogen) atoms. The molecule has 0 aliphatic rings. The lowest BCUT2D eigenvalue weighted by molar-refractivity contribution is 0.438. The standard InChI is InChI=1S/C39H46N4/c1-30-15-21-35(22-16-30)33(4)11-6-8-27-41-39(14-10-12-34(5)36-23-17-31(2)18-24-36)43-42-28-9-7-13-38(29-40)37-25-19-32(3)20-26-37/h6-7,9-26,29,39-43H,4,8,27-28H2,1-3,5H3/b9-7+,11-6-,14-10+,34-12+,38-13+,40-29?. The van der Waals surface area contributed by atoms with E-state index in [1.54, 1.807) is 0 Å². The van der Waals surface area contributed by atoms with Crippen molar-refractivity contribution >= 4 is 22.9 Å². The Morgan fingerprint density at radius 1 is 0.767 bits per heavy atom. The van der Waals surface area contributed by atoms with Gasteiger partial charge in [0, 0.05) is 19.3 Å². The van der Waals surface area contributed by atoms with Crippen LogP contribution in [0.25, 0.3) is 16.7 Å². The molecule has 4 heteroatoms. The number of benzene rings is 3. The van der Waals surface area contributed by atoms with Gasteiger partial charge in [-0.1, -0.05) is 145 Å². The molecule has 0 aromatic heterocycles. The van der Waals surface area contributed by atoms with Gasteiger partial charge in [0.25, 0.3) is 0 Å². The zero-order valence-electron chi connectivity index (χ0n) is 26.0. The molecule has 0 spiro atoms. The fourth-order valence-electron chi connectivity index (χ4n) is 4.24. The molecule has 4 nitrogen and oxygen atoms in total. The number of nitrogens with one attached hydrogen (secondary N) is 4. The minimum atomic E-state index is -0.0654. The number of rotatable bonds is 16. The molecule has 0 bridgehead atoms. The van der Waals surface area contributed by atoms with Crippen LogP contribution in [0.3, 0.4) is 0 Å². The van der Waals surface area contributed by atoms with Crippen LogP contribution in [0.15, 0.2) is 128 Å². The molecule has 222 valence electrons. The van der Waals surface area contributed by atoms with Crippen LogP contribution in [0.2, 0.25) is 0 Å². The summed E-state index contributed by atoms with van der Waals surface area (Å²) in [6, 6.07) is 25.3. The fourth-order valence-corrected chi connectivity index (χ4v) is 4.24. The first-order chi connectivity index (χ1) is 20.9. The maximum Gasteiger partial charge on any atom is 0.0896 e. The average molecular weight is 571 g/mol. The summed E-state index contributed by atoms with van der Waals surface area (Å²) in [5.41, 5.74) is 16.9. The molecule has 0 radical (unpaired) electrons. The summed E-state index contributed by atoms with van der Waals surface area (Å²) in [6.45, 7) is 14.0. The van der Waals surface area contributed by atoms with Crippen molar-refractivity contribution in [3.8, 4) is 0 Å². The van der Waals surface area contributed by atoms with E-state index < -0.39 is 0 Å². The number of hydrazine groups is 1. The van der Waals surface area contributed by atoms with E-state index in [1.807, 2.05) is 30.4 Å². The first-order valence-electron chi connectivity index (χ1n) is 14.9. The average Bonchev–Trinajstić information content (AvgIpc) is 3.01. The van der Waals surface area contributed by atoms with Crippen molar-refractivity contribution in [2.24, 2.45) is 0 Å². The molecule has 0 fully saturated rings. The summed E-state index contributed by atoms with van der Waals surface area (Å²) in [4.78, 5) is 0. The molecule has 3 aromatic carbocycles. The molecule has 3 aromatic rings. The molecule has 0 saturated carbocycles. The van der Waals surface area contributed by atoms with Crippen LogP contribution < -0.4 is 16.2 Å². The van der Waals surface area contributed by atoms with Gasteiger partial charge < -0.3 is 5.41 Å². The van der Waals surface area contributed by atoms with Crippen molar-refractivity contribution in [1.82, 2.24) is 16.2 Å². The zero-order valence-corrected chi connectivity index (χ0v) is 26.0. The van der Waals surface area contributed by atoms with Gasteiger partial charge in [-0.15, -0.1) is 0 Å². The van der Waals surface area contributed by atoms with E-state index >= 15 is 0 Å². The van der Waals surface area contributed by atoms with Gasteiger partial charge >= 0.3 is 0 Å². The molecular formula is C39H46N4. The van der Waals surface area contributed by atoms with Crippen molar-refractivity contribution in [2.45, 2.75) is 40.3 Å². The predicted octanol–water partition coefficient (Wildman–Crippen LogP) is 8.53. The Balaban J connectivity index is 1.55. The van der Waals surface area contributed by atoms with Gasteiger partial charge in [0.1, 0.15) is 0 Å². The summed E-state index contributed by atoms with van der Waals surface area (Å²) in [6.07, 6.45) is 18.8. The highest BCUT2D eigenvalue weighted by molar-refractivity contribution is 6.08. The molecule has 4 N–H and O–H groups in total. The molecule has 0 aliphatic heterocycles. The summed E-state index contributed by atoms with van der Waals surface area (Å²) in [5.74, 6) is 0. The Labute approximate surface area is 258 Å². The Kier molecular flexibility index (Phi) is 14.1. The summed E-state index contributed by atoms with van der Waals surface area (Å²) < 4.78 is 0. The van der Waals surface area contributed by atoms with E-state index in [4.69, 9.17) is 5.41 Å². The number of allylic oxidation sites excluding steroid dienone is 8. The van der Waals surface area contributed by atoms with Crippen LogP contribution in [0.5, 0.6) is 0 Å². The SMILES string of the molecule is C=C(/C=C\CCNC(/C=C/C=C(\C)c1ccc(C)cc1)NNC/C=C/C=C(\C=N)c1ccc(C)cc1)c1ccc(C)cc1. The molecule has 0 saturated heterocycles. The smallest absolute Gasteiger partial charge is 0.0896 e. The first-order valence-corrected chi connectivity index (χ1v) is 14.9. The predicted molar refractivity (Wildman–Crippen MR) is 188 cm³/mol. The molecular weight excluding hydrogens is 524 g/mol. The Bertz CT molecular complexity index is 1450. The van der Waals surface area contributed by atoms with Crippen molar-refractivity contribution in [3.05, 3.63) is 161 Å². The second-order valence-corrected chi connectivity index (χ2v) is 10.7. The Morgan fingerprint density at radius 2 is 1.35 bits per heavy atom. The third-order valence-corrected chi connectivity index (χ3v) is 7.00. The van der Waals surface area contributed by atoms with Crippen molar-refractivity contribution in [1.29, 1.82) is 5.41 Å². The summed E-state index contributed by atoms with van der Waals surface area (Å²) >= 11 is 0. The normalized spacial score (nSPS) is 13.3. The third-order valence-electron chi connectivity index (χ3n) is 7.00. The largest absolute Gasteiger partial charge is 0.308 e. The number of aryl methyl sites for hydroxylation is 3. The molecule has 0 amide bonds. The lowest BCUT2D eigenvalue weighted by Crippen LogP contribution is -2.48. The van der Waals surface area contributed by atoms with Crippen LogP contribution >= 0.6 is 0 Å². The van der Waals surface area contributed by atoms with Crippen molar-refractivity contribution in [2.75, 3.05) is 13.1 Å². The van der Waals surface area contributed by atoms with Crippen molar-refractivity contribution in [3.63, 3.8) is 0 Å². The maximum absolute atomic E-state index is 7.77. The van der Waals surface area contributed by atoms with E-state index in [9.17, 15) is 0 Å². The van der Waals surface area contributed by atoms with Gasteiger partial charge in [-0.25, -0.2) is 5.43 Å². The summed E-state index contributed by atoms with van der Waals surface area (Å²) in [5, 5.41) is 11.3. The highest BCUT2D eigenvalue weighted by Crippen LogP contribution is 2.16. The fraction of sp³-hybridized carbons (Fsp3) is 0.205. The topological polar surface area (TPSA) is 59.9 Å². The van der Waals surface area contributed by atoms with Crippen LogP contribution in [0.1, 0.15) is 46.7 Å². The van der Waals surface area contributed by atoms with Gasteiger partial charge in [0.15, 0.2) is 0 Å². The van der Waals surface area contributed by atoms with Crippen LogP contribution in [0.4, 0.5) is 0 Å². The third kappa shape index (κ3) is 12.2. The minimum absolute atomic E-state index is 0.0654. The molecule has 0 heterocycles. The van der Waals surface area contributed by atoms with Crippen molar-refractivity contribution < 1.29 is 0 Å². The maximum atomic E-state index is 7.77. The summed E-state index contributed by atoms with van der Waals surface area (Å²) in [7, 11) is 0. The second-order valence-electron chi connectivity index (χ2n) is 10.7. The molecule has 1 atom stereocenters. The Morgan fingerprint density at radius 3 is 1.95 bits per heavy atom. The first kappa shape index (κ1) is 33.2. The minimum Gasteiger partial charge on any atom is -0.308 e. The van der Waals surface area contributed by atoms with Gasteiger partial charge in [-0.3, -0.25) is 10.7 Å². The highest BCUT2D eigenvalue weighted by Gasteiger charge is 2.02. The van der Waals surface area contributed by atoms with E-state index in [0.717, 1.165) is 35.2 Å². The highest BCUT2D eigenvalue weighted by atomic mass is 15.4. The lowest BCUT2D eigenvalue weighted by Gasteiger charge is -2.16. The Hall–Kier alpha value is -4.35. The van der Waals surface area contributed by atoms with Gasteiger partial charge in [0.2, 0.25) is 0 Å². The quantitative estimate of drug-likeness (QED) is 0.0459. The van der Waals surface area contributed by atoms with Gasteiger partial charge in [0.05, 0.1) is 6.17 Å². The van der Waals surface area contributed by atoms with E-state index in [1.165, 1.54) is 34.0 Å². The lowest BCUT2D eigenvalue weighted by atomic mass is 10.0. The van der Waals surface area contributed by atoms with E-state index in [-0.39, 0.29) is 6.17 Å². The van der Waals surface area contributed by atoms with Crippen LogP contribution in [0, 0.1) is 26.2 Å².